The fourth-order valence-electron chi connectivity index (χ4n) is 3.02. The van der Waals surface area contributed by atoms with E-state index in [-0.39, 0.29) is 30.1 Å². The summed E-state index contributed by atoms with van der Waals surface area (Å²) in [4.78, 5) is 30.0. The van der Waals surface area contributed by atoms with Crippen molar-refractivity contribution in [1.82, 2.24) is 9.55 Å². The Labute approximate surface area is 175 Å². The van der Waals surface area contributed by atoms with Crippen molar-refractivity contribution in [3.63, 3.8) is 0 Å². The summed E-state index contributed by atoms with van der Waals surface area (Å²) in [6.45, 7) is 0.865. The van der Waals surface area contributed by atoms with E-state index in [2.05, 4.69) is 10.3 Å². The Hall–Kier alpha value is -3.10. The molecule has 0 saturated carbocycles. The fourth-order valence-corrected chi connectivity index (χ4v) is 3.21. The number of halogens is 3. The number of aromatic nitrogens is 2. The molecule has 0 unspecified atom stereocenters. The number of benzene rings is 2. The second-order valence-corrected chi connectivity index (χ2v) is 6.98. The Kier molecular flexibility index (Phi) is 6.59. The van der Waals surface area contributed by atoms with Gasteiger partial charge >= 0.3 is 0 Å². The highest BCUT2D eigenvalue weighted by molar-refractivity contribution is 6.30. The van der Waals surface area contributed by atoms with Gasteiger partial charge in [-0.15, -0.1) is 0 Å². The molecule has 6 nitrogen and oxygen atoms in total. The Morgan fingerprint density at radius 1 is 1.23 bits per heavy atom. The molecular weight excluding hydrogens is 416 g/mol. The summed E-state index contributed by atoms with van der Waals surface area (Å²) in [7, 11) is 0. The summed E-state index contributed by atoms with van der Waals surface area (Å²) in [5.74, 6) is -2.08. The molecule has 0 aliphatic heterocycles. The zero-order valence-electron chi connectivity index (χ0n) is 16.0. The molecular formula is C21H18ClF2N3O3. The van der Waals surface area contributed by atoms with E-state index in [0.717, 1.165) is 22.8 Å². The second kappa shape index (κ2) is 9.15. The lowest BCUT2D eigenvalue weighted by Gasteiger charge is -2.16. The van der Waals surface area contributed by atoms with E-state index in [9.17, 15) is 23.5 Å². The first-order valence-corrected chi connectivity index (χ1v) is 9.40. The van der Waals surface area contributed by atoms with Crippen molar-refractivity contribution in [2.24, 2.45) is 0 Å². The van der Waals surface area contributed by atoms with Crippen LogP contribution in [0, 0.1) is 18.6 Å². The number of aliphatic hydroxyl groups is 1. The summed E-state index contributed by atoms with van der Waals surface area (Å²) in [5, 5.41) is 11.9. The lowest BCUT2D eigenvalue weighted by Crippen LogP contribution is -2.33. The van der Waals surface area contributed by atoms with Crippen LogP contribution in [0.2, 0.25) is 5.02 Å². The first-order chi connectivity index (χ1) is 14.3. The zero-order chi connectivity index (χ0) is 21.8. The minimum absolute atomic E-state index is 0.0631. The predicted octanol–water partition coefficient (Wildman–Crippen LogP) is 3.32. The predicted molar refractivity (Wildman–Crippen MR) is 109 cm³/mol. The maximum Gasteiger partial charge on any atom is 0.257 e. The number of rotatable bonds is 6. The number of aryl methyl sites for hydroxylation is 1. The molecule has 0 fully saturated rings. The van der Waals surface area contributed by atoms with E-state index < -0.39 is 29.6 Å². The van der Waals surface area contributed by atoms with Crippen LogP contribution in [0.4, 0.5) is 14.5 Å². The van der Waals surface area contributed by atoms with E-state index in [0.29, 0.717) is 16.3 Å². The van der Waals surface area contributed by atoms with Gasteiger partial charge in [0.05, 0.1) is 5.69 Å². The van der Waals surface area contributed by atoms with E-state index in [1.54, 1.807) is 31.2 Å². The van der Waals surface area contributed by atoms with Gasteiger partial charge in [0.25, 0.3) is 5.56 Å². The van der Waals surface area contributed by atoms with Gasteiger partial charge in [0, 0.05) is 40.9 Å². The van der Waals surface area contributed by atoms with Crippen LogP contribution in [0.3, 0.4) is 0 Å². The molecule has 0 bridgehead atoms. The number of nitrogens with zero attached hydrogens (tertiary/aromatic N) is 2. The smallest absolute Gasteiger partial charge is 0.257 e. The molecule has 0 spiro atoms. The number of hydrogen-bond acceptors (Lipinski definition) is 4. The number of aliphatic hydroxyl groups excluding tert-OH is 1. The molecule has 9 heteroatoms. The number of carbonyl (C=O) groups is 1. The third-order valence-corrected chi connectivity index (χ3v) is 4.65. The molecule has 3 rings (SSSR count). The molecule has 0 atom stereocenters. The highest BCUT2D eigenvalue weighted by Crippen LogP contribution is 2.22. The van der Waals surface area contributed by atoms with Crippen molar-refractivity contribution in [3.8, 4) is 11.4 Å². The summed E-state index contributed by atoms with van der Waals surface area (Å²) in [6, 6.07) is 9.26. The van der Waals surface area contributed by atoms with Crippen LogP contribution in [0.25, 0.3) is 11.4 Å². The maximum absolute atomic E-state index is 13.8. The quantitative estimate of drug-likeness (QED) is 0.624. The molecule has 0 saturated heterocycles. The summed E-state index contributed by atoms with van der Waals surface area (Å²) < 4.78 is 28.3. The first kappa shape index (κ1) is 21.6. The van der Waals surface area contributed by atoms with Crippen LogP contribution < -0.4 is 10.9 Å². The third-order valence-electron chi connectivity index (χ3n) is 4.42. The van der Waals surface area contributed by atoms with Gasteiger partial charge in [0.15, 0.2) is 0 Å². The Balaban J connectivity index is 2.05. The van der Waals surface area contributed by atoms with E-state index in [1.807, 2.05) is 0 Å². The molecule has 30 heavy (non-hydrogen) atoms. The van der Waals surface area contributed by atoms with Crippen molar-refractivity contribution >= 4 is 23.2 Å². The zero-order valence-corrected chi connectivity index (χ0v) is 16.7. The molecule has 0 aliphatic rings. The van der Waals surface area contributed by atoms with Crippen LogP contribution in [0.15, 0.2) is 47.3 Å². The minimum Gasteiger partial charge on any atom is -0.396 e. The van der Waals surface area contributed by atoms with Gasteiger partial charge in [-0.25, -0.2) is 13.8 Å². The summed E-state index contributed by atoms with van der Waals surface area (Å²) in [5.41, 5.74) is 0.322. The Morgan fingerprint density at radius 2 is 2.00 bits per heavy atom. The molecule has 2 aromatic carbocycles. The topological polar surface area (TPSA) is 84.2 Å². The maximum atomic E-state index is 13.8. The van der Waals surface area contributed by atoms with Crippen molar-refractivity contribution in [3.05, 3.63) is 80.7 Å². The van der Waals surface area contributed by atoms with Gasteiger partial charge in [-0.05, 0) is 31.2 Å². The van der Waals surface area contributed by atoms with Crippen molar-refractivity contribution < 1.29 is 18.7 Å². The Bertz CT molecular complexity index is 1160. The van der Waals surface area contributed by atoms with Gasteiger partial charge < -0.3 is 10.4 Å². The SMILES string of the molecule is Cc1nc(-c2cccc(Cl)c2)n(CC(=O)Nc2cc(F)ccc2F)c(=O)c1CCO. The molecule has 2 N–H and O–H groups in total. The number of carbonyl (C=O) groups excluding carboxylic acids is 1. The summed E-state index contributed by atoms with van der Waals surface area (Å²) >= 11 is 6.05. The van der Waals surface area contributed by atoms with E-state index in [1.165, 1.54) is 0 Å². The monoisotopic (exact) mass is 433 g/mol. The van der Waals surface area contributed by atoms with E-state index >= 15 is 0 Å². The lowest BCUT2D eigenvalue weighted by molar-refractivity contribution is -0.116. The van der Waals surface area contributed by atoms with Crippen LogP contribution >= 0.6 is 11.6 Å². The van der Waals surface area contributed by atoms with Crippen LogP contribution in [-0.2, 0) is 17.8 Å². The van der Waals surface area contributed by atoms with Crippen LogP contribution in [-0.4, -0.2) is 27.2 Å². The molecule has 0 aliphatic carbocycles. The lowest BCUT2D eigenvalue weighted by atomic mass is 10.1. The molecule has 1 aromatic heterocycles. The second-order valence-electron chi connectivity index (χ2n) is 6.55. The molecule has 0 radical (unpaired) electrons. The molecule has 1 heterocycles. The minimum atomic E-state index is -0.810. The highest BCUT2D eigenvalue weighted by atomic mass is 35.5. The highest BCUT2D eigenvalue weighted by Gasteiger charge is 2.18. The van der Waals surface area contributed by atoms with Crippen molar-refractivity contribution in [2.75, 3.05) is 11.9 Å². The number of anilines is 1. The van der Waals surface area contributed by atoms with Crippen LogP contribution in [0.5, 0.6) is 0 Å². The summed E-state index contributed by atoms with van der Waals surface area (Å²) in [6.07, 6.45) is 0.0631. The third kappa shape index (κ3) is 4.72. The average Bonchev–Trinajstić information content (AvgIpc) is 2.70. The van der Waals surface area contributed by atoms with Gasteiger partial charge in [-0.3, -0.25) is 14.2 Å². The van der Waals surface area contributed by atoms with E-state index in [4.69, 9.17) is 11.6 Å². The number of hydrogen-bond donors (Lipinski definition) is 2. The van der Waals surface area contributed by atoms with Gasteiger partial charge in [-0.1, -0.05) is 23.7 Å². The van der Waals surface area contributed by atoms with Crippen molar-refractivity contribution in [1.29, 1.82) is 0 Å². The average molecular weight is 434 g/mol. The number of nitrogens with one attached hydrogen (secondary N) is 1. The molecule has 1 amide bonds. The Morgan fingerprint density at radius 3 is 2.70 bits per heavy atom. The van der Waals surface area contributed by atoms with Gasteiger partial charge in [-0.2, -0.15) is 0 Å². The fraction of sp³-hybridized carbons (Fsp3) is 0.190. The molecule has 3 aromatic rings. The standard InChI is InChI=1S/C21H18ClF2N3O3/c1-12-16(7-8-28)21(30)27(20(25-12)13-3-2-4-14(22)9-13)11-19(29)26-18-10-15(23)5-6-17(18)24/h2-6,9-10,28H,7-8,11H2,1H3,(H,26,29). The molecule has 156 valence electrons. The number of amides is 1. The normalized spacial score (nSPS) is 10.8. The largest absolute Gasteiger partial charge is 0.396 e. The van der Waals surface area contributed by atoms with Gasteiger partial charge in [0.2, 0.25) is 5.91 Å². The van der Waals surface area contributed by atoms with Crippen LogP contribution in [0.1, 0.15) is 11.3 Å². The first-order valence-electron chi connectivity index (χ1n) is 9.02. The van der Waals surface area contributed by atoms with Crippen molar-refractivity contribution in [2.45, 2.75) is 19.9 Å². The van der Waals surface area contributed by atoms with Gasteiger partial charge in [0.1, 0.15) is 24.0 Å².